The van der Waals surface area contributed by atoms with E-state index in [0.717, 1.165) is 4.90 Å². The zero-order valence-electron chi connectivity index (χ0n) is 30.5. The maximum Gasteiger partial charge on any atom is 0.328 e. The van der Waals surface area contributed by atoms with Crippen LogP contribution in [0.3, 0.4) is 0 Å². The van der Waals surface area contributed by atoms with Crippen LogP contribution in [0.2, 0.25) is 0 Å². The van der Waals surface area contributed by atoms with E-state index in [0.29, 0.717) is 6.42 Å². The Morgan fingerprint density at radius 3 is 1.77 bits per heavy atom. The van der Waals surface area contributed by atoms with E-state index in [9.17, 15) is 58.8 Å². The zero-order chi connectivity index (χ0) is 40.0. The molecule has 0 saturated carbocycles. The quantitative estimate of drug-likeness (QED) is 0.0529. The van der Waals surface area contributed by atoms with Crippen molar-refractivity contribution in [2.45, 2.75) is 128 Å². The summed E-state index contributed by atoms with van der Waals surface area (Å²) in [4.78, 5) is 103. The first-order valence-corrected chi connectivity index (χ1v) is 17.2. The van der Waals surface area contributed by atoms with E-state index in [1.54, 1.807) is 27.7 Å². The van der Waals surface area contributed by atoms with Crippen LogP contribution in [0.1, 0.15) is 73.6 Å². The predicted molar refractivity (Wildman–Crippen MR) is 183 cm³/mol. The number of nitrogens with one attached hydrogen (secondary N) is 5. The first-order valence-electron chi connectivity index (χ1n) is 17.2. The number of carbonyl (C=O) groups is 8. The molecule has 7 amide bonds. The van der Waals surface area contributed by atoms with Crippen LogP contribution < -0.4 is 38.1 Å². The lowest BCUT2D eigenvalue weighted by Crippen LogP contribution is -2.62. The van der Waals surface area contributed by atoms with Crippen LogP contribution in [0.4, 0.5) is 0 Å². The van der Waals surface area contributed by atoms with Gasteiger partial charge in [0.05, 0.1) is 18.8 Å². The standard InChI is InChI=1S/C32H56N8O12/c1-14(2)12-20(28(47)37-23(15(3)4)30(49)39-25(17(6)43)32(51)52)36-29(48)21-8-7-11-40(21)31(50)24(16(5)42)38-27(46)19(9-10-22(34)44)35-26(45)18(33)13-41/h14-21,23-25,41-43H,7-13,33H2,1-6H3,(H2,34,44)(H,35,45)(H,36,48)(H,37,47)(H,38,46)(H,39,49)(H,51,52)/t16-,17-,18+,19+,20+,21+,23+,24+,25+/m1/s1. The van der Waals surface area contributed by atoms with Gasteiger partial charge in [-0.1, -0.05) is 27.7 Å². The number of primary amides is 1. The van der Waals surface area contributed by atoms with Gasteiger partial charge in [-0.3, -0.25) is 33.6 Å². The van der Waals surface area contributed by atoms with Gasteiger partial charge >= 0.3 is 5.97 Å². The number of hydrogen-bond donors (Lipinski definition) is 11. The molecule has 1 heterocycles. The molecule has 1 aliphatic heterocycles. The van der Waals surface area contributed by atoms with Gasteiger partial charge in [0.25, 0.3) is 0 Å². The van der Waals surface area contributed by atoms with E-state index in [4.69, 9.17) is 11.5 Å². The van der Waals surface area contributed by atoms with E-state index < -0.39 is 114 Å². The molecule has 0 radical (unpaired) electrons. The number of carbonyl (C=O) groups excluding carboxylic acids is 7. The van der Waals surface area contributed by atoms with Crippen LogP contribution in [-0.2, 0) is 38.4 Å². The lowest BCUT2D eigenvalue weighted by atomic mass is 9.99. The van der Waals surface area contributed by atoms with Gasteiger partial charge in [0.1, 0.15) is 36.3 Å². The van der Waals surface area contributed by atoms with Gasteiger partial charge < -0.3 is 63.4 Å². The van der Waals surface area contributed by atoms with Gasteiger partial charge in [0.2, 0.25) is 41.4 Å². The molecule has 13 N–H and O–H groups in total. The third kappa shape index (κ3) is 14.0. The van der Waals surface area contributed by atoms with Crippen LogP contribution in [0.25, 0.3) is 0 Å². The number of aliphatic hydroxyl groups excluding tert-OH is 3. The number of carboxylic acids is 1. The first kappa shape index (κ1) is 45.6. The second kappa shape index (κ2) is 21.2. The van der Waals surface area contributed by atoms with Crippen molar-refractivity contribution in [2.24, 2.45) is 23.3 Å². The maximum absolute atomic E-state index is 13.8. The Balaban J connectivity index is 3.22. The predicted octanol–water partition coefficient (Wildman–Crippen LogP) is -4.47. The fourth-order valence-corrected chi connectivity index (χ4v) is 5.43. The Morgan fingerprint density at radius 1 is 0.750 bits per heavy atom. The lowest BCUT2D eigenvalue weighted by molar-refractivity contribution is -0.145. The summed E-state index contributed by atoms with van der Waals surface area (Å²) in [7, 11) is 0. The van der Waals surface area contributed by atoms with Crippen molar-refractivity contribution in [1.29, 1.82) is 0 Å². The minimum Gasteiger partial charge on any atom is -0.480 e. The molecule has 0 aliphatic carbocycles. The lowest BCUT2D eigenvalue weighted by Gasteiger charge is -2.32. The molecule has 0 aromatic carbocycles. The molecule has 52 heavy (non-hydrogen) atoms. The smallest absolute Gasteiger partial charge is 0.328 e. The van der Waals surface area contributed by atoms with Crippen LogP contribution in [0, 0.1) is 11.8 Å². The highest BCUT2D eigenvalue weighted by atomic mass is 16.4. The van der Waals surface area contributed by atoms with Crippen molar-refractivity contribution >= 4 is 47.3 Å². The number of rotatable bonds is 21. The average Bonchev–Trinajstić information content (AvgIpc) is 3.54. The maximum atomic E-state index is 13.8. The number of likely N-dealkylation sites (tertiary alicyclic amines) is 1. The van der Waals surface area contributed by atoms with Crippen molar-refractivity contribution in [3.05, 3.63) is 0 Å². The average molecular weight is 745 g/mol. The molecule has 0 aromatic heterocycles. The van der Waals surface area contributed by atoms with E-state index in [2.05, 4.69) is 26.6 Å². The summed E-state index contributed by atoms with van der Waals surface area (Å²) >= 11 is 0. The number of nitrogens with zero attached hydrogens (tertiary/aromatic N) is 1. The summed E-state index contributed by atoms with van der Waals surface area (Å²) in [5.74, 6) is -8.03. The number of aliphatic carboxylic acids is 1. The van der Waals surface area contributed by atoms with Gasteiger partial charge in [-0.2, -0.15) is 0 Å². The Kier molecular flexibility index (Phi) is 18.6. The summed E-state index contributed by atoms with van der Waals surface area (Å²) in [5.41, 5.74) is 10.7. The second-order valence-electron chi connectivity index (χ2n) is 13.8. The highest BCUT2D eigenvalue weighted by Gasteiger charge is 2.41. The molecule has 20 heteroatoms. The molecule has 1 aliphatic rings. The third-order valence-corrected chi connectivity index (χ3v) is 8.36. The molecule has 0 unspecified atom stereocenters. The number of nitrogens with two attached hydrogens (primary N) is 2. The van der Waals surface area contributed by atoms with Crippen LogP contribution in [0.5, 0.6) is 0 Å². The van der Waals surface area contributed by atoms with Crippen molar-refractivity contribution in [3.63, 3.8) is 0 Å². The summed E-state index contributed by atoms with van der Waals surface area (Å²) in [6.07, 6.45) is -2.94. The molecular weight excluding hydrogens is 688 g/mol. The molecule has 1 saturated heterocycles. The highest BCUT2D eigenvalue weighted by Crippen LogP contribution is 2.21. The monoisotopic (exact) mass is 744 g/mol. The van der Waals surface area contributed by atoms with E-state index in [1.165, 1.54) is 13.8 Å². The molecule has 1 fully saturated rings. The fraction of sp³-hybridized carbons (Fsp3) is 0.750. The fourth-order valence-electron chi connectivity index (χ4n) is 5.43. The first-order chi connectivity index (χ1) is 24.1. The number of hydrogen-bond acceptors (Lipinski definition) is 12. The molecule has 1 rings (SSSR count). The van der Waals surface area contributed by atoms with Gasteiger partial charge in [0.15, 0.2) is 6.04 Å². The number of aliphatic hydroxyl groups is 3. The van der Waals surface area contributed by atoms with Gasteiger partial charge in [-0.05, 0) is 51.4 Å². The van der Waals surface area contributed by atoms with Gasteiger partial charge in [0, 0.05) is 13.0 Å². The van der Waals surface area contributed by atoms with Crippen molar-refractivity contribution in [1.82, 2.24) is 31.5 Å². The minimum absolute atomic E-state index is 0.0495. The van der Waals surface area contributed by atoms with Gasteiger partial charge in [-0.15, -0.1) is 0 Å². The number of carboxylic acid groups (broad SMARTS) is 1. The summed E-state index contributed by atoms with van der Waals surface area (Å²) in [6.45, 7) is 8.50. The topological polar surface area (TPSA) is 333 Å². The van der Waals surface area contributed by atoms with Crippen molar-refractivity contribution < 1.29 is 58.8 Å². The molecule has 0 aromatic rings. The molecule has 9 atom stereocenters. The Bertz CT molecular complexity index is 1290. The SMILES string of the molecule is CC(C)C[C@H](NC(=O)[C@@H]1CCCN1C(=O)[C@@H](NC(=O)[C@H](CCC(N)=O)NC(=O)[C@@H](N)CO)[C@@H](C)O)C(=O)N[C@H](C(=O)N[C@H](C(=O)O)[C@@H](C)O)C(C)C. The second-order valence-corrected chi connectivity index (χ2v) is 13.8. The Hall–Kier alpha value is -4.40. The highest BCUT2D eigenvalue weighted by molar-refractivity contribution is 5.97. The van der Waals surface area contributed by atoms with E-state index in [-0.39, 0.29) is 38.1 Å². The molecular formula is C32H56N8O12. The summed E-state index contributed by atoms with van der Waals surface area (Å²) < 4.78 is 0. The van der Waals surface area contributed by atoms with Crippen molar-refractivity contribution in [3.8, 4) is 0 Å². The third-order valence-electron chi connectivity index (χ3n) is 8.36. The zero-order valence-corrected chi connectivity index (χ0v) is 30.5. The van der Waals surface area contributed by atoms with Crippen LogP contribution >= 0.6 is 0 Å². The Morgan fingerprint density at radius 2 is 1.29 bits per heavy atom. The minimum atomic E-state index is -1.64. The van der Waals surface area contributed by atoms with Gasteiger partial charge in [-0.25, -0.2) is 4.79 Å². The van der Waals surface area contributed by atoms with Crippen molar-refractivity contribution in [2.75, 3.05) is 13.2 Å². The normalized spacial score (nSPS) is 18.9. The Labute approximate surface area is 302 Å². The van der Waals surface area contributed by atoms with E-state index in [1.807, 2.05) is 0 Å². The number of amides is 7. The van der Waals surface area contributed by atoms with E-state index >= 15 is 0 Å². The molecule has 0 spiro atoms. The van der Waals surface area contributed by atoms with Crippen LogP contribution in [-0.4, -0.2) is 140 Å². The molecule has 20 nitrogen and oxygen atoms in total. The largest absolute Gasteiger partial charge is 0.480 e. The summed E-state index contributed by atoms with van der Waals surface area (Å²) in [5, 5.41) is 50.9. The molecule has 296 valence electrons. The molecule has 0 bridgehead atoms. The van der Waals surface area contributed by atoms with Crippen LogP contribution in [0.15, 0.2) is 0 Å². The summed E-state index contributed by atoms with van der Waals surface area (Å²) in [6, 6.07) is -9.64.